The molecule has 23 heavy (non-hydrogen) atoms. The van der Waals surface area contributed by atoms with Gasteiger partial charge in [-0.1, -0.05) is 17.7 Å². The Bertz CT molecular complexity index is 604. The van der Waals surface area contributed by atoms with Gasteiger partial charge in [0.05, 0.1) is 31.1 Å². The van der Waals surface area contributed by atoms with Crippen LogP contribution in [0, 0.1) is 24.7 Å². The van der Waals surface area contributed by atoms with Crippen LogP contribution in [0.2, 0.25) is 0 Å². The summed E-state index contributed by atoms with van der Waals surface area (Å²) in [5.41, 5.74) is 0.928. The van der Waals surface area contributed by atoms with E-state index in [0.29, 0.717) is 0 Å². The summed E-state index contributed by atoms with van der Waals surface area (Å²) in [4.78, 5) is -0.178. The fourth-order valence-electron chi connectivity index (χ4n) is 3.39. The van der Waals surface area contributed by atoms with E-state index in [-0.39, 0.29) is 4.90 Å². The number of quaternary nitrogens is 1. The van der Waals surface area contributed by atoms with Crippen LogP contribution in [-0.2, 0) is 10.1 Å². The van der Waals surface area contributed by atoms with E-state index in [9.17, 15) is 13.0 Å². The van der Waals surface area contributed by atoms with E-state index in [4.69, 9.17) is 0 Å². The molecule has 0 spiro atoms. The maximum Gasteiger partial charge on any atom is 0.124 e. The Labute approximate surface area is 140 Å². The second kappa shape index (κ2) is 6.91. The third-order valence-electron chi connectivity index (χ3n) is 5.77. The molecule has 130 valence electrons. The van der Waals surface area contributed by atoms with Gasteiger partial charge < -0.3 is 9.04 Å². The van der Waals surface area contributed by atoms with Gasteiger partial charge in [-0.2, -0.15) is 0 Å². The van der Waals surface area contributed by atoms with Crippen molar-refractivity contribution in [2.24, 2.45) is 17.8 Å². The highest BCUT2D eigenvalue weighted by atomic mass is 32.2. The smallest absolute Gasteiger partial charge is 0.124 e. The molecule has 3 atom stereocenters. The average molecular weight is 340 g/mol. The summed E-state index contributed by atoms with van der Waals surface area (Å²) in [6.07, 6.45) is 1.57. The van der Waals surface area contributed by atoms with Gasteiger partial charge in [-0.3, -0.25) is 0 Å². The molecule has 0 aliphatic heterocycles. The highest BCUT2D eigenvalue weighted by Crippen LogP contribution is 2.68. The number of hydrogen-bond donors (Lipinski definition) is 0. The maximum atomic E-state index is 10.4. The molecule has 0 N–H and O–H groups in total. The largest absolute Gasteiger partial charge is 0.744 e. The van der Waals surface area contributed by atoms with Crippen LogP contribution in [0.25, 0.3) is 0 Å². The topological polar surface area (TPSA) is 57.2 Å². The third kappa shape index (κ3) is 4.55. The Hall–Kier alpha value is -0.910. The first-order valence-electron chi connectivity index (χ1n) is 8.64. The van der Waals surface area contributed by atoms with Gasteiger partial charge in [0.1, 0.15) is 10.1 Å². The maximum absolute atomic E-state index is 10.4. The van der Waals surface area contributed by atoms with Crippen LogP contribution in [0.5, 0.6) is 0 Å². The van der Waals surface area contributed by atoms with E-state index in [1.54, 1.807) is 18.6 Å². The van der Waals surface area contributed by atoms with Crippen LogP contribution in [-0.4, -0.2) is 43.6 Å². The van der Waals surface area contributed by atoms with Gasteiger partial charge in [0.25, 0.3) is 0 Å². The lowest BCUT2D eigenvalue weighted by molar-refractivity contribution is -0.925. The van der Waals surface area contributed by atoms with E-state index >= 15 is 0 Å². The molecule has 1 unspecified atom stereocenters. The third-order valence-corrected chi connectivity index (χ3v) is 6.62. The van der Waals surface area contributed by atoms with Crippen LogP contribution in [0.4, 0.5) is 0 Å². The number of fused-ring (bicyclic) bond motifs is 1. The van der Waals surface area contributed by atoms with Crippen molar-refractivity contribution in [1.29, 1.82) is 0 Å². The summed E-state index contributed by atoms with van der Waals surface area (Å²) in [6, 6.07) is 5.78. The van der Waals surface area contributed by atoms with Crippen molar-refractivity contribution >= 4 is 10.1 Å². The minimum Gasteiger partial charge on any atom is -0.744 e. The van der Waals surface area contributed by atoms with Gasteiger partial charge >= 0.3 is 0 Å². The van der Waals surface area contributed by atoms with Gasteiger partial charge in [0.15, 0.2) is 0 Å². The second-order valence-electron chi connectivity index (χ2n) is 6.97. The molecule has 0 amide bonds. The number of benzene rings is 1. The molecule has 0 aromatic heterocycles. The van der Waals surface area contributed by atoms with Crippen molar-refractivity contribution in [1.82, 2.24) is 0 Å². The molecule has 0 radical (unpaired) electrons. The number of rotatable bonds is 6. The quantitative estimate of drug-likeness (QED) is 0.591. The van der Waals surface area contributed by atoms with Crippen molar-refractivity contribution in [3.8, 4) is 0 Å². The summed E-state index contributed by atoms with van der Waals surface area (Å²) in [5, 5.41) is 0. The van der Waals surface area contributed by atoms with E-state index in [0.717, 1.165) is 11.5 Å². The number of aryl methyl sites for hydroxylation is 1. The lowest BCUT2D eigenvalue weighted by Crippen LogP contribution is -2.49. The lowest BCUT2D eigenvalue weighted by Gasteiger charge is -2.36. The molecular weight excluding hydrogens is 310 g/mol. The van der Waals surface area contributed by atoms with Crippen molar-refractivity contribution in [3.63, 3.8) is 0 Å². The van der Waals surface area contributed by atoms with Crippen LogP contribution < -0.4 is 0 Å². The van der Waals surface area contributed by atoms with E-state index in [1.165, 1.54) is 54.6 Å². The van der Waals surface area contributed by atoms with E-state index in [2.05, 4.69) is 20.8 Å². The average Bonchev–Trinajstić information content (AvgIpc) is 3.41. The molecule has 3 rings (SSSR count). The molecule has 2 aliphatic rings. The molecule has 5 heteroatoms. The summed E-state index contributed by atoms with van der Waals surface area (Å²) < 4.78 is 32.5. The Balaban J connectivity index is 0.000000168. The molecule has 1 aromatic carbocycles. The second-order valence-corrected chi connectivity index (χ2v) is 8.35. The van der Waals surface area contributed by atoms with Crippen LogP contribution in [0.15, 0.2) is 29.2 Å². The number of nitrogens with zero attached hydrogens (tertiary/aromatic N) is 1. The first kappa shape index (κ1) is 18.4. The summed E-state index contributed by atoms with van der Waals surface area (Å²) >= 11 is 0. The van der Waals surface area contributed by atoms with Crippen molar-refractivity contribution < 1.29 is 17.5 Å². The normalized spacial score (nSPS) is 25.2. The van der Waals surface area contributed by atoms with Crippen molar-refractivity contribution in [2.75, 3.05) is 26.2 Å². The van der Waals surface area contributed by atoms with Gasteiger partial charge in [0, 0.05) is 5.92 Å². The molecule has 0 heterocycles. The van der Waals surface area contributed by atoms with Crippen LogP contribution >= 0.6 is 0 Å². The van der Waals surface area contributed by atoms with Gasteiger partial charge in [-0.15, -0.1) is 0 Å². The Morgan fingerprint density at radius 2 is 1.52 bits per heavy atom. The molecule has 0 bridgehead atoms. The SMILES string of the molecule is CC[N+](CC)(CC)CC1[C@H]2C[C@@H]12.Cc1ccc(S(=O)(=O)[O-])cc1. The first-order valence-corrected chi connectivity index (χ1v) is 10.0. The predicted octanol–water partition coefficient (Wildman–Crippen LogP) is 3.03. The molecule has 4 nitrogen and oxygen atoms in total. The molecule has 0 saturated heterocycles. The van der Waals surface area contributed by atoms with Crippen molar-refractivity contribution in [2.45, 2.75) is 39.0 Å². The monoisotopic (exact) mass is 339 g/mol. The summed E-state index contributed by atoms with van der Waals surface area (Å²) in [5.74, 6) is 3.52. The lowest BCUT2D eigenvalue weighted by atomic mass is 10.1. The van der Waals surface area contributed by atoms with Crippen LogP contribution in [0.3, 0.4) is 0 Å². The molecule has 2 saturated carbocycles. The molecular formula is C18H29NO3S. The van der Waals surface area contributed by atoms with E-state index in [1.807, 2.05) is 6.92 Å². The Morgan fingerprint density at radius 3 is 1.83 bits per heavy atom. The zero-order chi connectivity index (χ0) is 17.3. The van der Waals surface area contributed by atoms with Crippen molar-refractivity contribution in [3.05, 3.63) is 29.8 Å². The zero-order valence-corrected chi connectivity index (χ0v) is 15.5. The summed E-state index contributed by atoms with van der Waals surface area (Å²) in [7, 11) is -4.27. The van der Waals surface area contributed by atoms with Gasteiger partial charge in [-0.05, 0) is 58.1 Å². The number of hydrogen-bond acceptors (Lipinski definition) is 3. The predicted molar refractivity (Wildman–Crippen MR) is 91.0 cm³/mol. The fraction of sp³-hybridized carbons (Fsp3) is 0.667. The van der Waals surface area contributed by atoms with E-state index < -0.39 is 10.1 Å². The zero-order valence-electron chi connectivity index (χ0n) is 14.7. The molecule has 1 aromatic rings. The molecule has 2 fully saturated rings. The van der Waals surface area contributed by atoms with Crippen LogP contribution in [0.1, 0.15) is 32.8 Å². The first-order chi connectivity index (χ1) is 10.8. The molecule has 2 aliphatic carbocycles. The van der Waals surface area contributed by atoms with Gasteiger partial charge in [0.2, 0.25) is 0 Å². The standard InChI is InChI=1S/C11H22N.C7H8O3S/c1-4-12(5-2,6-3)8-11-9-7-10(9)11;1-6-2-4-7(5-3-6)11(8,9)10/h9-11H,4-8H2,1-3H3;2-5H,1H3,(H,8,9,10)/q+1;/p-1/t9-,10+,11?;. The Kier molecular flexibility index (Phi) is 5.54. The minimum atomic E-state index is -4.27. The Morgan fingerprint density at radius 1 is 1.04 bits per heavy atom. The summed E-state index contributed by atoms with van der Waals surface area (Å²) in [6.45, 7) is 14.4. The highest BCUT2D eigenvalue weighted by molar-refractivity contribution is 7.85. The van der Waals surface area contributed by atoms with Gasteiger partial charge in [-0.25, -0.2) is 8.42 Å². The highest BCUT2D eigenvalue weighted by Gasteiger charge is 2.66. The fourth-order valence-corrected chi connectivity index (χ4v) is 3.86. The minimum absolute atomic E-state index is 0.178.